The van der Waals surface area contributed by atoms with Crippen LogP contribution in [-0.2, 0) is 0 Å². The van der Waals surface area contributed by atoms with Crippen LogP contribution in [0.3, 0.4) is 0 Å². The van der Waals surface area contributed by atoms with E-state index >= 15 is 0 Å². The number of aliphatic hydroxyl groups excluding tert-OH is 1. The highest BCUT2D eigenvalue weighted by molar-refractivity contribution is 6.11. The van der Waals surface area contributed by atoms with Crippen molar-refractivity contribution in [3.05, 3.63) is 58.5 Å². The monoisotopic (exact) mass is 351 g/mol. The van der Waals surface area contributed by atoms with E-state index in [1.807, 2.05) is 16.7 Å². The second-order valence-corrected chi connectivity index (χ2v) is 7.12. The first-order valence-corrected chi connectivity index (χ1v) is 8.91. The number of H-pyrrole nitrogens is 1. The van der Waals surface area contributed by atoms with Crippen molar-refractivity contribution >= 4 is 27.3 Å². The molecule has 5 nitrogen and oxygen atoms in total. The number of pyridine rings is 2. The van der Waals surface area contributed by atoms with Gasteiger partial charge in [0, 0.05) is 29.1 Å². The molecule has 0 spiro atoms. The van der Waals surface area contributed by atoms with Crippen molar-refractivity contribution in [3.8, 4) is 0 Å². The van der Waals surface area contributed by atoms with Crippen LogP contribution in [0, 0.1) is 5.82 Å². The van der Waals surface area contributed by atoms with Crippen LogP contribution in [0.4, 0.5) is 4.39 Å². The van der Waals surface area contributed by atoms with Gasteiger partial charge in [-0.2, -0.15) is 0 Å². The van der Waals surface area contributed by atoms with Crippen LogP contribution in [0.5, 0.6) is 0 Å². The summed E-state index contributed by atoms with van der Waals surface area (Å²) in [6.45, 7) is 0. The fraction of sp³-hybridized carbons (Fsp3) is 0.300. The van der Waals surface area contributed by atoms with E-state index in [0.29, 0.717) is 16.7 Å². The van der Waals surface area contributed by atoms with Gasteiger partial charge in [0.05, 0.1) is 22.7 Å². The zero-order valence-electron chi connectivity index (χ0n) is 14.1. The zero-order valence-corrected chi connectivity index (χ0v) is 14.1. The summed E-state index contributed by atoms with van der Waals surface area (Å²) in [5.74, 6) is -0.0784. The molecule has 0 aliphatic heterocycles. The number of aromatic nitrogens is 3. The minimum Gasteiger partial charge on any atom is -0.393 e. The predicted molar refractivity (Wildman–Crippen MR) is 98.0 cm³/mol. The first-order chi connectivity index (χ1) is 12.6. The molecule has 1 saturated carbocycles. The summed E-state index contributed by atoms with van der Waals surface area (Å²) in [5, 5.41) is 11.6. The average molecular weight is 351 g/mol. The molecule has 26 heavy (non-hydrogen) atoms. The number of benzene rings is 1. The Labute approximate surface area is 148 Å². The van der Waals surface area contributed by atoms with Crippen LogP contribution in [0.25, 0.3) is 27.3 Å². The molecule has 0 amide bonds. The highest BCUT2D eigenvalue weighted by Gasteiger charge is 2.24. The molecule has 1 aliphatic rings. The Morgan fingerprint density at radius 2 is 1.96 bits per heavy atom. The number of nitrogens with one attached hydrogen (secondary N) is 1. The van der Waals surface area contributed by atoms with E-state index in [0.717, 1.165) is 47.9 Å². The molecule has 1 aromatic carbocycles. The molecule has 6 heteroatoms. The van der Waals surface area contributed by atoms with Gasteiger partial charge in [-0.25, -0.2) is 9.37 Å². The Bertz CT molecular complexity index is 1200. The predicted octanol–water partition coefficient (Wildman–Crippen LogP) is 3.49. The maximum Gasteiger partial charge on any atom is 0.257 e. The number of hydrogen-bond donors (Lipinski definition) is 2. The van der Waals surface area contributed by atoms with Crippen LogP contribution in [0.15, 0.2) is 41.5 Å². The molecule has 0 radical (unpaired) electrons. The number of rotatable bonds is 1. The number of halogens is 1. The van der Waals surface area contributed by atoms with Crippen molar-refractivity contribution in [1.82, 2.24) is 14.4 Å². The van der Waals surface area contributed by atoms with Crippen molar-refractivity contribution < 1.29 is 9.50 Å². The number of nitrogens with zero attached hydrogens (tertiary/aromatic N) is 2. The van der Waals surface area contributed by atoms with Crippen molar-refractivity contribution in [2.75, 3.05) is 0 Å². The molecule has 0 bridgehead atoms. The summed E-state index contributed by atoms with van der Waals surface area (Å²) in [7, 11) is 0. The lowest BCUT2D eigenvalue weighted by molar-refractivity contribution is 0.122. The average Bonchev–Trinajstić information content (AvgIpc) is 3.08. The van der Waals surface area contributed by atoms with E-state index in [-0.39, 0.29) is 17.5 Å². The molecule has 3 heterocycles. The van der Waals surface area contributed by atoms with Gasteiger partial charge in [0.1, 0.15) is 11.5 Å². The van der Waals surface area contributed by atoms with Gasteiger partial charge in [-0.05, 0) is 49.9 Å². The molecule has 1 fully saturated rings. The molecule has 132 valence electrons. The van der Waals surface area contributed by atoms with Crippen LogP contribution in [0.1, 0.15) is 37.3 Å². The molecule has 5 rings (SSSR count). The van der Waals surface area contributed by atoms with E-state index in [1.165, 1.54) is 12.1 Å². The maximum absolute atomic E-state index is 13.9. The van der Waals surface area contributed by atoms with Gasteiger partial charge in [0.2, 0.25) is 0 Å². The molecule has 0 atom stereocenters. The third kappa shape index (κ3) is 2.25. The second kappa shape index (κ2) is 5.64. The zero-order chi connectivity index (χ0) is 17.8. The first-order valence-electron chi connectivity index (χ1n) is 8.91. The van der Waals surface area contributed by atoms with Gasteiger partial charge in [0.15, 0.2) is 0 Å². The lowest BCUT2D eigenvalue weighted by Gasteiger charge is -2.23. The highest BCUT2D eigenvalue weighted by Crippen LogP contribution is 2.35. The third-order valence-corrected chi connectivity index (χ3v) is 5.53. The maximum atomic E-state index is 13.9. The van der Waals surface area contributed by atoms with E-state index in [1.54, 1.807) is 12.3 Å². The molecule has 0 saturated heterocycles. The summed E-state index contributed by atoms with van der Waals surface area (Å²) in [5.41, 5.74) is 2.18. The number of aliphatic hydroxyl groups is 1. The Balaban J connectivity index is 1.85. The Hall–Kier alpha value is -2.73. The van der Waals surface area contributed by atoms with Crippen molar-refractivity contribution in [3.63, 3.8) is 0 Å². The number of imidazole rings is 1. The third-order valence-electron chi connectivity index (χ3n) is 5.53. The fourth-order valence-electron chi connectivity index (χ4n) is 4.19. The summed E-state index contributed by atoms with van der Waals surface area (Å²) in [6.07, 6.45) is 6.74. The topological polar surface area (TPSA) is 70.4 Å². The van der Waals surface area contributed by atoms with Crippen LogP contribution in [-0.4, -0.2) is 25.6 Å². The van der Waals surface area contributed by atoms with E-state index in [4.69, 9.17) is 4.98 Å². The van der Waals surface area contributed by atoms with Gasteiger partial charge in [-0.1, -0.05) is 0 Å². The molecule has 4 aromatic rings. The van der Waals surface area contributed by atoms with E-state index < -0.39 is 0 Å². The van der Waals surface area contributed by atoms with Gasteiger partial charge >= 0.3 is 0 Å². The smallest absolute Gasteiger partial charge is 0.257 e. The van der Waals surface area contributed by atoms with E-state index in [2.05, 4.69) is 4.98 Å². The van der Waals surface area contributed by atoms with Crippen molar-refractivity contribution in [2.45, 2.75) is 37.7 Å². The highest BCUT2D eigenvalue weighted by atomic mass is 19.1. The van der Waals surface area contributed by atoms with E-state index in [9.17, 15) is 14.3 Å². The van der Waals surface area contributed by atoms with Gasteiger partial charge in [-0.15, -0.1) is 0 Å². The summed E-state index contributed by atoms with van der Waals surface area (Å²) < 4.78 is 15.8. The normalized spacial score (nSPS) is 21.0. The SMILES string of the molecule is O=c1[nH]ccc2c1c1cc(F)ccc1c1nc(C3CCC(O)CC3)cn21. The van der Waals surface area contributed by atoms with Gasteiger partial charge in [-0.3, -0.25) is 9.20 Å². The van der Waals surface area contributed by atoms with Crippen molar-refractivity contribution in [2.24, 2.45) is 0 Å². The molecular formula is C20H18FN3O2. The minimum atomic E-state index is -0.376. The largest absolute Gasteiger partial charge is 0.393 e. The molecule has 0 unspecified atom stereocenters. The van der Waals surface area contributed by atoms with Crippen molar-refractivity contribution in [1.29, 1.82) is 0 Å². The summed E-state index contributed by atoms with van der Waals surface area (Å²) >= 11 is 0. The number of fused-ring (bicyclic) bond motifs is 6. The Morgan fingerprint density at radius 3 is 2.77 bits per heavy atom. The quantitative estimate of drug-likeness (QED) is 0.516. The number of hydrogen-bond acceptors (Lipinski definition) is 3. The molecule has 1 aliphatic carbocycles. The molecule has 2 N–H and O–H groups in total. The Morgan fingerprint density at radius 1 is 1.15 bits per heavy atom. The standard InChI is InChI=1S/C20H18FN3O2/c21-12-3-6-14-15(9-12)18-17(7-8-22-20(18)26)24-10-16(23-19(14)24)11-1-4-13(25)5-2-11/h3,6-11,13,25H,1-2,4-5H2,(H,22,26). The summed E-state index contributed by atoms with van der Waals surface area (Å²) in [6, 6.07) is 6.31. The fourth-order valence-corrected chi connectivity index (χ4v) is 4.19. The lowest BCUT2D eigenvalue weighted by atomic mass is 9.86. The van der Waals surface area contributed by atoms with Gasteiger partial charge < -0.3 is 10.1 Å². The second-order valence-electron chi connectivity index (χ2n) is 7.12. The lowest BCUT2D eigenvalue weighted by Crippen LogP contribution is -2.17. The van der Waals surface area contributed by atoms with Crippen LogP contribution in [0.2, 0.25) is 0 Å². The summed E-state index contributed by atoms with van der Waals surface area (Å²) in [4.78, 5) is 20.0. The number of aromatic amines is 1. The molecule has 3 aromatic heterocycles. The van der Waals surface area contributed by atoms with Crippen LogP contribution < -0.4 is 5.56 Å². The minimum absolute atomic E-state index is 0.216. The van der Waals surface area contributed by atoms with Gasteiger partial charge in [0.25, 0.3) is 5.56 Å². The molecular weight excluding hydrogens is 333 g/mol. The van der Waals surface area contributed by atoms with Crippen LogP contribution >= 0.6 is 0 Å². The Kier molecular flexibility index (Phi) is 3.37. The first kappa shape index (κ1) is 15.5.